The quantitative estimate of drug-likeness (QED) is 0.865. The highest BCUT2D eigenvalue weighted by Gasteiger charge is 2.34. The van der Waals surface area contributed by atoms with Crippen molar-refractivity contribution in [1.29, 1.82) is 0 Å². The monoisotopic (exact) mass is 288 g/mol. The fourth-order valence-corrected chi connectivity index (χ4v) is 2.04. The summed E-state index contributed by atoms with van der Waals surface area (Å²) < 4.78 is 39.5. The van der Waals surface area contributed by atoms with Crippen molar-refractivity contribution in [3.8, 4) is 0 Å². The van der Waals surface area contributed by atoms with Gasteiger partial charge < -0.3 is 10.6 Å². The Bertz CT molecular complexity index is 428. The molecule has 0 radical (unpaired) electrons. The van der Waals surface area contributed by atoms with Gasteiger partial charge in [0.1, 0.15) is 0 Å². The van der Waals surface area contributed by atoms with Gasteiger partial charge in [-0.3, -0.25) is 0 Å². The first-order valence-electron chi connectivity index (χ1n) is 6.87. The molecule has 0 unspecified atom stereocenters. The lowest BCUT2D eigenvalue weighted by atomic mass is 10.0. The summed E-state index contributed by atoms with van der Waals surface area (Å²) in [6, 6.07) is 4.49. The molecule has 0 saturated heterocycles. The molecule has 1 aromatic rings. The van der Waals surface area contributed by atoms with Crippen molar-refractivity contribution in [2.45, 2.75) is 32.9 Å². The summed E-state index contributed by atoms with van der Waals surface area (Å²) in [6.07, 6.45) is -3.02. The van der Waals surface area contributed by atoms with Crippen molar-refractivity contribution in [2.24, 2.45) is 11.7 Å². The molecule has 0 saturated carbocycles. The molecule has 5 heteroatoms. The van der Waals surface area contributed by atoms with Crippen LogP contribution < -0.4 is 10.6 Å². The van der Waals surface area contributed by atoms with E-state index in [4.69, 9.17) is 5.73 Å². The summed E-state index contributed by atoms with van der Waals surface area (Å²) >= 11 is 0. The average Bonchev–Trinajstić information content (AvgIpc) is 2.35. The summed E-state index contributed by atoms with van der Waals surface area (Å²) in [6.45, 7) is 5.07. The van der Waals surface area contributed by atoms with Gasteiger partial charge >= 0.3 is 6.18 Å². The molecule has 0 aromatic heterocycles. The third-order valence-corrected chi connectivity index (χ3v) is 3.25. The molecular formula is C15H23F3N2. The molecule has 0 heterocycles. The second kappa shape index (κ2) is 6.97. The Hall–Kier alpha value is -1.23. The van der Waals surface area contributed by atoms with Crippen LogP contribution in [-0.2, 0) is 12.6 Å². The van der Waals surface area contributed by atoms with Gasteiger partial charge in [-0.1, -0.05) is 19.9 Å². The van der Waals surface area contributed by atoms with E-state index >= 15 is 0 Å². The normalized spacial score (nSPS) is 12.0. The predicted molar refractivity (Wildman–Crippen MR) is 76.9 cm³/mol. The van der Waals surface area contributed by atoms with E-state index < -0.39 is 11.7 Å². The highest BCUT2D eigenvalue weighted by atomic mass is 19.4. The molecule has 2 nitrogen and oxygen atoms in total. The van der Waals surface area contributed by atoms with Crippen LogP contribution in [0.2, 0.25) is 0 Å². The second-order valence-corrected chi connectivity index (χ2v) is 5.49. The van der Waals surface area contributed by atoms with E-state index in [1.54, 1.807) is 24.1 Å². The number of nitrogens with zero attached hydrogens (tertiary/aromatic N) is 1. The SMILES string of the molecule is CC(C)CCN(C)c1ccc(CCN)cc1C(F)(F)F. The summed E-state index contributed by atoms with van der Waals surface area (Å²) in [7, 11) is 1.70. The molecule has 0 amide bonds. The number of hydrogen-bond donors (Lipinski definition) is 1. The van der Waals surface area contributed by atoms with Gasteiger partial charge in [0.25, 0.3) is 0 Å². The van der Waals surface area contributed by atoms with Crippen LogP contribution in [0.5, 0.6) is 0 Å². The van der Waals surface area contributed by atoms with Crippen LogP contribution in [0.15, 0.2) is 18.2 Å². The Morgan fingerprint density at radius 1 is 1.25 bits per heavy atom. The van der Waals surface area contributed by atoms with Crippen molar-refractivity contribution in [3.05, 3.63) is 29.3 Å². The smallest absolute Gasteiger partial charge is 0.374 e. The maximum Gasteiger partial charge on any atom is 0.418 e. The Balaban J connectivity index is 3.05. The molecule has 0 atom stereocenters. The highest BCUT2D eigenvalue weighted by molar-refractivity contribution is 5.56. The Labute approximate surface area is 118 Å². The van der Waals surface area contributed by atoms with Gasteiger partial charge in [-0.15, -0.1) is 0 Å². The number of alkyl halides is 3. The van der Waals surface area contributed by atoms with Crippen LogP contribution in [0.3, 0.4) is 0 Å². The number of anilines is 1. The van der Waals surface area contributed by atoms with Gasteiger partial charge in [0.2, 0.25) is 0 Å². The molecule has 0 aliphatic heterocycles. The van der Waals surface area contributed by atoms with Crippen molar-refractivity contribution in [3.63, 3.8) is 0 Å². The van der Waals surface area contributed by atoms with Gasteiger partial charge in [0.15, 0.2) is 0 Å². The van der Waals surface area contributed by atoms with Crippen LogP contribution in [0.4, 0.5) is 18.9 Å². The fraction of sp³-hybridized carbons (Fsp3) is 0.600. The summed E-state index contributed by atoms with van der Waals surface area (Å²) in [5.41, 5.74) is 5.69. The average molecular weight is 288 g/mol. The molecule has 0 fully saturated rings. The summed E-state index contributed by atoms with van der Waals surface area (Å²) in [5, 5.41) is 0. The number of rotatable bonds is 6. The van der Waals surface area contributed by atoms with Crippen molar-refractivity contribution in [2.75, 3.05) is 25.0 Å². The molecule has 0 aliphatic carbocycles. The predicted octanol–water partition coefficient (Wildman–Crippen LogP) is 3.69. The first-order chi connectivity index (χ1) is 9.25. The molecule has 1 rings (SSSR count). The van der Waals surface area contributed by atoms with Crippen molar-refractivity contribution < 1.29 is 13.2 Å². The summed E-state index contributed by atoms with van der Waals surface area (Å²) in [4.78, 5) is 1.68. The second-order valence-electron chi connectivity index (χ2n) is 5.49. The minimum atomic E-state index is -4.34. The Morgan fingerprint density at radius 3 is 2.40 bits per heavy atom. The van der Waals surface area contributed by atoms with Gasteiger partial charge in [0.05, 0.1) is 5.56 Å². The fourth-order valence-electron chi connectivity index (χ4n) is 2.04. The molecule has 114 valence electrons. The van der Waals surface area contributed by atoms with E-state index in [9.17, 15) is 13.2 Å². The molecule has 0 aliphatic rings. The minimum absolute atomic E-state index is 0.235. The molecule has 0 bridgehead atoms. The molecule has 20 heavy (non-hydrogen) atoms. The molecule has 2 N–H and O–H groups in total. The lowest BCUT2D eigenvalue weighted by molar-refractivity contribution is -0.137. The van der Waals surface area contributed by atoms with E-state index in [-0.39, 0.29) is 5.69 Å². The van der Waals surface area contributed by atoms with E-state index in [1.165, 1.54) is 6.07 Å². The largest absolute Gasteiger partial charge is 0.418 e. The number of nitrogens with two attached hydrogens (primary N) is 1. The van der Waals surface area contributed by atoms with Crippen LogP contribution in [0.25, 0.3) is 0 Å². The maximum absolute atomic E-state index is 13.2. The Kier molecular flexibility index (Phi) is 5.87. The Morgan fingerprint density at radius 2 is 1.90 bits per heavy atom. The zero-order chi connectivity index (χ0) is 15.3. The highest BCUT2D eigenvalue weighted by Crippen LogP contribution is 2.37. The molecule has 1 aromatic carbocycles. The van der Waals surface area contributed by atoms with E-state index in [1.807, 2.05) is 0 Å². The molecular weight excluding hydrogens is 265 g/mol. The lowest BCUT2D eigenvalue weighted by Gasteiger charge is -2.25. The number of hydrogen-bond acceptors (Lipinski definition) is 2. The third-order valence-electron chi connectivity index (χ3n) is 3.25. The van der Waals surface area contributed by atoms with E-state index in [0.29, 0.717) is 31.0 Å². The van der Waals surface area contributed by atoms with Gasteiger partial charge in [-0.05, 0) is 43.0 Å². The summed E-state index contributed by atoms with van der Waals surface area (Å²) in [5.74, 6) is 0.461. The van der Waals surface area contributed by atoms with Crippen LogP contribution >= 0.6 is 0 Å². The van der Waals surface area contributed by atoms with Crippen molar-refractivity contribution >= 4 is 5.69 Å². The first kappa shape index (κ1) is 16.8. The maximum atomic E-state index is 13.2. The molecule has 0 spiro atoms. The van der Waals surface area contributed by atoms with Gasteiger partial charge in [-0.2, -0.15) is 13.2 Å². The third kappa shape index (κ3) is 4.71. The zero-order valence-electron chi connectivity index (χ0n) is 12.3. The standard InChI is InChI=1S/C15H23F3N2/c1-11(2)7-9-20(3)14-5-4-12(6-8-19)10-13(14)15(16,17)18/h4-5,10-11H,6-9,19H2,1-3H3. The lowest BCUT2D eigenvalue weighted by Crippen LogP contribution is -2.23. The van der Waals surface area contributed by atoms with E-state index in [0.717, 1.165) is 6.42 Å². The van der Waals surface area contributed by atoms with Crippen molar-refractivity contribution in [1.82, 2.24) is 0 Å². The number of halogens is 3. The van der Waals surface area contributed by atoms with Crippen LogP contribution in [-0.4, -0.2) is 20.1 Å². The van der Waals surface area contributed by atoms with E-state index in [2.05, 4.69) is 13.8 Å². The zero-order valence-corrected chi connectivity index (χ0v) is 12.3. The topological polar surface area (TPSA) is 29.3 Å². The van der Waals surface area contributed by atoms with Crippen LogP contribution in [0, 0.1) is 5.92 Å². The van der Waals surface area contributed by atoms with Gasteiger partial charge in [0, 0.05) is 19.3 Å². The van der Waals surface area contributed by atoms with Crippen LogP contribution in [0.1, 0.15) is 31.4 Å². The van der Waals surface area contributed by atoms with Gasteiger partial charge in [-0.25, -0.2) is 0 Å². The minimum Gasteiger partial charge on any atom is -0.374 e. The first-order valence-corrected chi connectivity index (χ1v) is 6.87. The number of benzene rings is 1.